The summed E-state index contributed by atoms with van der Waals surface area (Å²) in [7, 11) is 1.97. The van der Waals surface area contributed by atoms with Gasteiger partial charge in [0, 0.05) is 18.3 Å². The molecule has 0 unspecified atom stereocenters. The molecule has 0 saturated carbocycles. The average molecular weight is 297 g/mol. The van der Waals surface area contributed by atoms with E-state index in [1.54, 1.807) is 0 Å². The maximum atomic E-state index is 6.02. The summed E-state index contributed by atoms with van der Waals surface area (Å²) in [5.74, 6) is 0.992. The molecule has 0 spiro atoms. The van der Waals surface area contributed by atoms with E-state index in [2.05, 4.69) is 47.8 Å². The maximum absolute atomic E-state index is 6.02. The maximum Gasteiger partial charge on any atom is 0.129 e. The van der Waals surface area contributed by atoms with Crippen LogP contribution in [-0.2, 0) is 6.42 Å². The number of aryl methyl sites for hydroxylation is 1. The van der Waals surface area contributed by atoms with Crippen LogP contribution >= 0.6 is 0 Å². The Labute approximate surface area is 134 Å². The van der Waals surface area contributed by atoms with Crippen molar-refractivity contribution in [3.05, 3.63) is 48.0 Å². The van der Waals surface area contributed by atoms with Gasteiger partial charge in [0.05, 0.1) is 6.61 Å². The number of benzene rings is 2. The Kier molecular flexibility index (Phi) is 6.32. The Balaban J connectivity index is 0.000000847. The molecule has 2 nitrogen and oxygen atoms in total. The first-order valence-electron chi connectivity index (χ1n) is 8.42. The predicted octanol–water partition coefficient (Wildman–Crippen LogP) is 5.53. The van der Waals surface area contributed by atoms with Crippen LogP contribution in [0, 0.1) is 0 Å². The summed E-state index contributed by atoms with van der Waals surface area (Å²) in [5, 5.41) is 3.30. The minimum Gasteiger partial charge on any atom is -0.493 e. The molecule has 0 fully saturated rings. The van der Waals surface area contributed by atoms with E-state index < -0.39 is 0 Å². The van der Waals surface area contributed by atoms with Crippen molar-refractivity contribution in [3.8, 4) is 16.9 Å². The number of nitrogens with one attached hydrogen (secondary N) is 1. The van der Waals surface area contributed by atoms with Gasteiger partial charge in [0.25, 0.3) is 0 Å². The number of hydrogen-bond donors (Lipinski definition) is 1. The van der Waals surface area contributed by atoms with Crippen molar-refractivity contribution in [2.45, 2.75) is 39.5 Å². The van der Waals surface area contributed by atoms with Crippen LogP contribution in [0.1, 0.15) is 38.7 Å². The van der Waals surface area contributed by atoms with Crippen LogP contribution in [0.25, 0.3) is 11.1 Å². The largest absolute Gasteiger partial charge is 0.493 e. The molecule has 1 heterocycles. The number of anilines is 1. The third kappa shape index (κ3) is 3.62. The van der Waals surface area contributed by atoms with E-state index >= 15 is 0 Å². The van der Waals surface area contributed by atoms with E-state index in [4.69, 9.17) is 4.74 Å². The van der Waals surface area contributed by atoms with Gasteiger partial charge in [0.1, 0.15) is 5.75 Å². The predicted molar refractivity (Wildman–Crippen MR) is 95.8 cm³/mol. The second-order valence-corrected chi connectivity index (χ2v) is 5.24. The van der Waals surface area contributed by atoms with Crippen LogP contribution in [0.5, 0.6) is 5.75 Å². The number of hydrogen-bond acceptors (Lipinski definition) is 2. The first-order valence-corrected chi connectivity index (χ1v) is 8.42. The van der Waals surface area contributed by atoms with E-state index in [1.807, 2.05) is 20.9 Å². The monoisotopic (exact) mass is 297 g/mol. The minimum atomic E-state index is 0.808. The van der Waals surface area contributed by atoms with Gasteiger partial charge in [-0.3, -0.25) is 0 Å². The molecule has 0 aliphatic carbocycles. The fourth-order valence-electron chi connectivity index (χ4n) is 2.90. The molecule has 0 saturated heterocycles. The lowest BCUT2D eigenvalue weighted by molar-refractivity contribution is 0.306. The molecular weight excluding hydrogens is 270 g/mol. The van der Waals surface area contributed by atoms with Gasteiger partial charge in [-0.15, -0.1) is 0 Å². The van der Waals surface area contributed by atoms with Gasteiger partial charge in [-0.1, -0.05) is 44.2 Å². The van der Waals surface area contributed by atoms with Gasteiger partial charge < -0.3 is 10.1 Å². The quantitative estimate of drug-likeness (QED) is 0.747. The summed E-state index contributed by atoms with van der Waals surface area (Å²) in [5.41, 5.74) is 5.05. The Morgan fingerprint density at radius 3 is 2.55 bits per heavy atom. The molecule has 22 heavy (non-hydrogen) atoms. The standard InChI is InChI=1S/C18H21NO.C2H6/c1-19-16-11-7-12-17-18(16)15-10-5-4-9-14(15)8-3-2-6-13-20-17;1-2/h4-5,7,9-12,19H,2-3,6,8,13H2,1H3;1-2H3. The molecule has 0 atom stereocenters. The Morgan fingerprint density at radius 2 is 1.73 bits per heavy atom. The fourth-order valence-corrected chi connectivity index (χ4v) is 2.90. The van der Waals surface area contributed by atoms with Crippen molar-refractivity contribution in [1.82, 2.24) is 0 Å². The van der Waals surface area contributed by atoms with Crippen LogP contribution in [-0.4, -0.2) is 13.7 Å². The van der Waals surface area contributed by atoms with Gasteiger partial charge in [-0.25, -0.2) is 0 Å². The van der Waals surface area contributed by atoms with Gasteiger partial charge in [0.2, 0.25) is 0 Å². The van der Waals surface area contributed by atoms with Crippen LogP contribution in [0.3, 0.4) is 0 Å². The van der Waals surface area contributed by atoms with Crippen LogP contribution in [0.2, 0.25) is 0 Å². The summed E-state index contributed by atoms with van der Waals surface area (Å²) in [6.45, 7) is 4.81. The van der Waals surface area contributed by atoms with Gasteiger partial charge in [0.15, 0.2) is 0 Å². The van der Waals surface area contributed by atoms with Gasteiger partial charge >= 0.3 is 0 Å². The Bertz CT molecular complexity index is 592. The number of fused-ring (bicyclic) bond motifs is 3. The first kappa shape index (κ1) is 16.4. The van der Waals surface area contributed by atoms with E-state index in [9.17, 15) is 0 Å². The third-order valence-corrected chi connectivity index (χ3v) is 3.93. The Morgan fingerprint density at radius 1 is 0.909 bits per heavy atom. The molecular formula is C20H27NO. The summed E-state index contributed by atoms with van der Waals surface area (Å²) < 4.78 is 6.02. The lowest BCUT2D eigenvalue weighted by atomic mass is 9.93. The molecule has 0 bridgehead atoms. The molecule has 3 rings (SSSR count). The molecule has 0 amide bonds. The fraction of sp³-hybridized carbons (Fsp3) is 0.400. The van der Waals surface area contributed by atoms with Crippen LogP contribution < -0.4 is 10.1 Å². The first-order chi connectivity index (χ1) is 10.9. The van der Waals surface area contributed by atoms with Gasteiger partial charge in [-0.05, 0) is 48.9 Å². The second-order valence-electron chi connectivity index (χ2n) is 5.24. The highest BCUT2D eigenvalue weighted by atomic mass is 16.5. The summed E-state index contributed by atoms with van der Waals surface area (Å²) in [4.78, 5) is 0. The normalized spacial score (nSPS) is 13.6. The van der Waals surface area contributed by atoms with Crippen LogP contribution in [0.15, 0.2) is 42.5 Å². The molecule has 0 aromatic heterocycles. The molecule has 1 aliphatic rings. The smallest absolute Gasteiger partial charge is 0.129 e. The van der Waals surface area contributed by atoms with Crippen molar-refractivity contribution < 1.29 is 4.74 Å². The lowest BCUT2D eigenvalue weighted by Gasteiger charge is -2.19. The van der Waals surface area contributed by atoms with Gasteiger partial charge in [-0.2, -0.15) is 0 Å². The van der Waals surface area contributed by atoms with E-state index in [-0.39, 0.29) is 0 Å². The summed E-state index contributed by atoms with van der Waals surface area (Å²) in [6, 6.07) is 14.9. The van der Waals surface area contributed by atoms with Crippen molar-refractivity contribution in [2.75, 3.05) is 19.0 Å². The van der Waals surface area contributed by atoms with Crippen molar-refractivity contribution in [2.24, 2.45) is 0 Å². The number of rotatable bonds is 1. The molecule has 2 heteroatoms. The van der Waals surface area contributed by atoms with Crippen LogP contribution in [0.4, 0.5) is 5.69 Å². The van der Waals surface area contributed by atoms with Crippen molar-refractivity contribution in [3.63, 3.8) is 0 Å². The van der Waals surface area contributed by atoms with E-state index in [0.717, 1.165) is 30.9 Å². The van der Waals surface area contributed by atoms with Crippen molar-refractivity contribution in [1.29, 1.82) is 0 Å². The van der Waals surface area contributed by atoms with E-state index in [1.165, 1.54) is 29.5 Å². The SMILES string of the molecule is CC.CNc1cccc2c1-c1ccccc1CCCCCO2. The zero-order chi connectivity index (χ0) is 15.8. The molecule has 2 aromatic rings. The molecule has 1 N–H and O–H groups in total. The average Bonchev–Trinajstić information content (AvgIpc) is 2.60. The Hall–Kier alpha value is -1.96. The zero-order valence-electron chi connectivity index (χ0n) is 14.0. The highest BCUT2D eigenvalue weighted by Crippen LogP contribution is 2.39. The van der Waals surface area contributed by atoms with Crippen molar-refractivity contribution >= 4 is 5.69 Å². The van der Waals surface area contributed by atoms with E-state index in [0.29, 0.717) is 0 Å². The second kappa shape index (κ2) is 8.47. The topological polar surface area (TPSA) is 21.3 Å². The summed E-state index contributed by atoms with van der Waals surface area (Å²) >= 11 is 0. The minimum absolute atomic E-state index is 0.808. The molecule has 2 aromatic carbocycles. The number of ether oxygens (including phenoxy) is 1. The molecule has 0 radical (unpaired) electrons. The zero-order valence-corrected chi connectivity index (χ0v) is 14.0. The lowest BCUT2D eigenvalue weighted by Crippen LogP contribution is -2.04. The molecule has 1 aliphatic heterocycles. The summed E-state index contributed by atoms with van der Waals surface area (Å²) in [6.07, 6.45) is 4.74. The highest BCUT2D eigenvalue weighted by Gasteiger charge is 2.15. The molecule has 118 valence electrons. The highest BCUT2D eigenvalue weighted by molar-refractivity contribution is 5.85. The third-order valence-electron chi connectivity index (χ3n) is 3.93.